The van der Waals surface area contributed by atoms with Crippen LogP contribution in [-0.2, 0) is 4.79 Å². The number of nitriles is 1. The highest BCUT2D eigenvalue weighted by Crippen LogP contribution is 2.25. The van der Waals surface area contributed by atoms with Gasteiger partial charge in [0.25, 0.3) is 0 Å². The molecule has 0 N–H and O–H groups in total. The van der Waals surface area contributed by atoms with Gasteiger partial charge in [0.15, 0.2) is 0 Å². The Hall–Kier alpha value is -0.840. The Morgan fingerprint density at radius 1 is 1.60 bits per heavy atom. The minimum absolute atomic E-state index is 0.00347. The number of carbonyl (C=O) groups is 1. The molecule has 0 spiro atoms. The number of hydrogen-bond donors (Lipinski definition) is 0. The molecule has 2 unspecified atom stereocenters. The summed E-state index contributed by atoms with van der Waals surface area (Å²) in [6, 6.07) is 2.14. The zero-order valence-electron chi connectivity index (χ0n) is 6.13. The number of hydrogen-bond acceptors (Lipinski definition) is 2. The molecule has 2 heteroatoms. The number of Topliss-reactive ketones (excluding diaryl/α,β-unsaturated/α-hetero) is 1. The van der Waals surface area contributed by atoms with Gasteiger partial charge in [0.05, 0.1) is 12.0 Å². The molecule has 2 atom stereocenters. The Labute approximate surface area is 60.8 Å². The van der Waals surface area contributed by atoms with E-state index >= 15 is 0 Å². The van der Waals surface area contributed by atoms with E-state index in [0.717, 1.165) is 6.42 Å². The van der Waals surface area contributed by atoms with E-state index in [2.05, 4.69) is 6.07 Å². The van der Waals surface area contributed by atoms with Crippen LogP contribution >= 0.6 is 0 Å². The predicted molar refractivity (Wildman–Crippen MR) is 37.1 cm³/mol. The molecule has 0 aromatic heterocycles. The molecule has 0 bridgehead atoms. The van der Waals surface area contributed by atoms with Gasteiger partial charge in [0.2, 0.25) is 0 Å². The second-order valence-corrected chi connectivity index (χ2v) is 3.11. The summed E-state index contributed by atoms with van der Waals surface area (Å²) in [7, 11) is 0. The van der Waals surface area contributed by atoms with Crippen molar-refractivity contribution in [3.63, 3.8) is 0 Å². The fourth-order valence-electron chi connectivity index (χ4n) is 1.50. The third kappa shape index (κ3) is 1.57. The molecule has 54 valence electrons. The molecular weight excluding hydrogens is 126 g/mol. The molecule has 0 amide bonds. The quantitative estimate of drug-likeness (QED) is 0.507. The zero-order valence-corrected chi connectivity index (χ0v) is 6.13. The average molecular weight is 137 g/mol. The van der Waals surface area contributed by atoms with Crippen LogP contribution in [0.15, 0.2) is 0 Å². The third-order valence-electron chi connectivity index (χ3n) is 1.92. The van der Waals surface area contributed by atoms with Gasteiger partial charge in [0, 0.05) is 12.8 Å². The minimum Gasteiger partial charge on any atom is -0.300 e. The minimum atomic E-state index is -0.00347. The first-order valence-corrected chi connectivity index (χ1v) is 3.63. The van der Waals surface area contributed by atoms with Gasteiger partial charge in [-0.2, -0.15) is 5.26 Å². The molecule has 0 radical (unpaired) electrons. The Morgan fingerprint density at radius 3 is 2.80 bits per heavy atom. The maximum atomic E-state index is 10.9. The summed E-state index contributed by atoms with van der Waals surface area (Å²) in [5.74, 6) is 0.674. The second-order valence-electron chi connectivity index (χ2n) is 3.11. The van der Waals surface area contributed by atoms with E-state index in [1.807, 2.05) is 6.92 Å². The molecule has 0 aromatic carbocycles. The topological polar surface area (TPSA) is 40.9 Å². The van der Waals surface area contributed by atoms with Gasteiger partial charge in [-0.05, 0) is 12.3 Å². The largest absolute Gasteiger partial charge is 0.300 e. The van der Waals surface area contributed by atoms with Gasteiger partial charge in [-0.1, -0.05) is 6.92 Å². The molecular formula is C8H11NO. The fraction of sp³-hybridized carbons (Fsp3) is 0.750. The van der Waals surface area contributed by atoms with Crippen LogP contribution in [0, 0.1) is 23.2 Å². The van der Waals surface area contributed by atoms with Crippen LogP contribution in [0.3, 0.4) is 0 Å². The number of carbonyl (C=O) groups excluding carboxylic acids is 1. The first kappa shape index (κ1) is 7.27. The van der Waals surface area contributed by atoms with E-state index in [9.17, 15) is 4.79 Å². The summed E-state index contributed by atoms with van der Waals surface area (Å²) in [4.78, 5) is 10.9. The van der Waals surface area contributed by atoms with Crippen molar-refractivity contribution >= 4 is 5.78 Å². The van der Waals surface area contributed by atoms with Crippen LogP contribution in [0.4, 0.5) is 0 Å². The van der Waals surface area contributed by atoms with Gasteiger partial charge in [0.1, 0.15) is 5.78 Å². The maximum Gasteiger partial charge on any atom is 0.134 e. The highest BCUT2D eigenvalue weighted by Gasteiger charge is 2.23. The van der Waals surface area contributed by atoms with Gasteiger partial charge < -0.3 is 0 Å². The van der Waals surface area contributed by atoms with Crippen LogP contribution in [-0.4, -0.2) is 5.78 Å². The normalized spacial score (nSPS) is 33.4. The van der Waals surface area contributed by atoms with E-state index in [1.165, 1.54) is 0 Å². The number of rotatable bonds is 0. The second kappa shape index (κ2) is 2.83. The molecule has 0 heterocycles. The highest BCUT2D eigenvalue weighted by molar-refractivity contribution is 5.79. The molecule has 1 aliphatic carbocycles. The average Bonchev–Trinajstić information content (AvgIpc) is 1.85. The maximum absolute atomic E-state index is 10.9. The summed E-state index contributed by atoms with van der Waals surface area (Å²) in [6.07, 6.45) is 2.07. The van der Waals surface area contributed by atoms with E-state index in [-0.39, 0.29) is 11.7 Å². The SMILES string of the molecule is CC1CC(=O)CC(C#N)C1. The van der Waals surface area contributed by atoms with E-state index < -0.39 is 0 Å². The van der Waals surface area contributed by atoms with Crippen LogP contribution < -0.4 is 0 Å². The van der Waals surface area contributed by atoms with Crippen LogP contribution in [0.25, 0.3) is 0 Å². The zero-order chi connectivity index (χ0) is 7.56. The molecule has 1 aliphatic rings. The summed E-state index contributed by atoms with van der Waals surface area (Å²) in [6.45, 7) is 2.03. The molecule has 1 saturated carbocycles. The summed E-state index contributed by atoms with van der Waals surface area (Å²) >= 11 is 0. The van der Waals surface area contributed by atoms with Gasteiger partial charge in [-0.3, -0.25) is 4.79 Å². The predicted octanol–water partition coefficient (Wildman–Crippen LogP) is 1.52. The lowest BCUT2D eigenvalue weighted by atomic mass is 9.82. The van der Waals surface area contributed by atoms with Crippen LogP contribution in [0.2, 0.25) is 0 Å². The van der Waals surface area contributed by atoms with Gasteiger partial charge in [-0.15, -0.1) is 0 Å². The van der Waals surface area contributed by atoms with Gasteiger partial charge >= 0.3 is 0 Å². The van der Waals surface area contributed by atoms with Crippen molar-refractivity contribution in [2.24, 2.45) is 11.8 Å². The fourth-order valence-corrected chi connectivity index (χ4v) is 1.50. The highest BCUT2D eigenvalue weighted by atomic mass is 16.1. The van der Waals surface area contributed by atoms with E-state index in [4.69, 9.17) is 5.26 Å². The Bertz CT molecular complexity index is 180. The first-order valence-electron chi connectivity index (χ1n) is 3.63. The van der Waals surface area contributed by atoms with Crippen LogP contribution in [0.1, 0.15) is 26.2 Å². The van der Waals surface area contributed by atoms with Crippen molar-refractivity contribution in [1.29, 1.82) is 5.26 Å². The Kier molecular flexibility index (Phi) is 2.06. The first-order chi connectivity index (χ1) is 4.72. The van der Waals surface area contributed by atoms with Crippen molar-refractivity contribution in [2.45, 2.75) is 26.2 Å². The molecule has 0 aromatic rings. The molecule has 1 rings (SSSR count). The standard InChI is InChI=1S/C8H11NO/c1-6-2-7(5-9)4-8(10)3-6/h6-7H,2-4H2,1H3. The Morgan fingerprint density at radius 2 is 2.30 bits per heavy atom. The third-order valence-corrected chi connectivity index (χ3v) is 1.92. The monoisotopic (exact) mass is 137 g/mol. The van der Waals surface area contributed by atoms with Crippen molar-refractivity contribution in [3.05, 3.63) is 0 Å². The van der Waals surface area contributed by atoms with Crippen molar-refractivity contribution < 1.29 is 4.79 Å². The van der Waals surface area contributed by atoms with Crippen molar-refractivity contribution in [2.75, 3.05) is 0 Å². The van der Waals surface area contributed by atoms with Crippen LogP contribution in [0.5, 0.6) is 0 Å². The van der Waals surface area contributed by atoms with E-state index in [0.29, 0.717) is 18.8 Å². The molecule has 2 nitrogen and oxygen atoms in total. The summed E-state index contributed by atoms with van der Waals surface area (Å²) < 4.78 is 0. The molecule has 0 saturated heterocycles. The molecule has 10 heavy (non-hydrogen) atoms. The van der Waals surface area contributed by atoms with Crippen molar-refractivity contribution in [1.82, 2.24) is 0 Å². The smallest absolute Gasteiger partial charge is 0.134 e. The van der Waals surface area contributed by atoms with Crippen molar-refractivity contribution in [3.8, 4) is 6.07 Å². The lowest BCUT2D eigenvalue weighted by Gasteiger charge is -2.19. The number of nitrogens with zero attached hydrogens (tertiary/aromatic N) is 1. The Balaban J connectivity index is 2.52. The molecule has 0 aliphatic heterocycles. The lowest BCUT2D eigenvalue weighted by molar-refractivity contribution is -0.122. The molecule has 1 fully saturated rings. The van der Waals surface area contributed by atoms with Gasteiger partial charge in [-0.25, -0.2) is 0 Å². The van der Waals surface area contributed by atoms with E-state index in [1.54, 1.807) is 0 Å². The summed E-state index contributed by atoms with van der Waals surface area (Å²) in [5.41, 5.74) is 0. The summed E-state index contributed by atoms with van der Waals surface area (Å²) in [5, 5.41) is 8.52. The number of ketones is 1. The lowest BCUT2D eigenvalue weighted by Crippen LogP contribution is -2.19.